The molecule has 0 N–H and O–H groups in total. The number of rotatable bonds is 4. The lowest BCUT2D eigenvalue weighted by molar-refractivity contribution is -0.132. The van der Waals surface area contributed by atoms with Gasteiger partial charge in [-0.1, -0.05) is 32.9 Å². The van der Waals surface area contributed by atoms with Gasteiger partial charge in [0.05, 0.1) is 11.5 Å². The van der Waals surface area contributed by atoms with Crippen LogP contribution in [0.25, 0.3) is 0 Å². The topological polar surface area (TPSA) is 74.7 Å². The van der Waals surface area contributed by atoms with Crippen molar-refractivity contribution in [1.82, 2.24) is 4.98 Å². The highest BCUT2D eigenvalue weighted by Gasteiger charge is 2.42. The second-order valence-corrected chi connectivity index (χ2v) is 10.2. The summed E-state index contributed by atoms with van der Waals surface area (Å²) in [4.78, 5) is 29.4. The molecule has 0 saturated heterocycles. The van der Waals surface area contributed by atoms with Gasteiger partial charge in [0.1, 0.15) is 24.2 Å². The van der Waals surface area contributed by atoms with Crippen LogP contribution in [0, 0.1) is 5.92 Å². The Morgan fingerprint density at radius 2 is 1.91 bits per heavy atom. The molecule has 2 heterocycles. The number of allylic oxidation sites excluding steroid dienone is 1. The van der Waals surface area contributed by atoms with E-state index in [4.69, 9.17) is 14.2 Å². The van der Waals surface area contributed by atoms with Gasteiger partial charge in [0.15, 0.2) is 0 Å². The van der Waals surface area contributed by atoms with Gasteiger partial charge in [0, 0.05) is 23.3 Å². The number of esters is 1. The molecule has 7 heteroatoms. The number of pyridine rings is 1. The second kappa shape index (κ2) is 9.06. The van der Waals surface area contributed by atoms with Crippen molar-refractivity contribution < 1.29 is 23.8 Å². The van der Waals surface area contributed by atoms with Crippen LogP contribution in [0.3, 0.4) is 0 Å². The molecule has 2 aromatic rings. The van der Waals surface area contributed by atoms with Gasteiger partial charge in [-0.2, -0.15) is 0 Å². The molecule has 3 atom stereocenters. The number of fused-ring (bicyclic) bond motifs is 1. The predicted octanol–water partition coefficient (Wildman–Crippen LogP) is 5.36. The van der Waals surface area contributed by atoms with Crippen molar-refractivity contribution in [3.05, 3.63) is 70.3 Å². The maximum atomic E-state index is 13.0. The molecule has 32 heavy (non-hydrogen) atoms. The number of aromatic nitrogens is 1. The molecule has 0 amide bonds. The first-order valence-electron chi connectivity index (χ1n) is 10.7. The van der Waals surface area contributed by atoms with Crippen LogP contribution in [0.4, 0.5) is 0 Å². The Bertz CT molecular complexity index is 1040. The van der Waals surface area contributed by atoms with E-state index in [1.165, 1.54) is 18.0 Å². The predicted molar refractivity (Wildman–Crippen MR) is 122 cm³/mol. The zero-order chi connectivity index (χ0) is 22.9. The van der Waals surface area contributed by atoms with Crippen LogP contribution >= 0.6 is 15.9 Å². The van der Waals surface area contributed by atoms with Gasteiger partial charge in [-0.15, -0.1) is 0 Å². The molecule has 0 bridgehead atoms. The summed E-state index contributed by atoms with van der Waals surface area (Å²) in [5, 5.41) is 0. The summed E-state index contributed by atoms with van der Waals surface area (Å²) in [7, 11) is 0. The van der Waals surface area contributed by atoms with E-state index in [1.54, 1.807) is 12.3 Å². The molecule has 1 aliphatic carbocycles. The zero-order valence-electron chi connectivity index (χ0n) is 18.3. The van der Waals surface area contributed by atoms with E-state index in [0.29, 0.717) is 35.0 Å². The second-order valence-electron chi connectivity index (χ2n) is 9.24. The number of hydrogen-bond acceptors (Lipinski definition) is 6. The molecule has 1 aromatic heterocycles. The lowest BCUT2D eigenvalue weighted by atomic mass is 9.80. The summed E-state index contributed by atoms with van der Waals surface area (Å²) in [6.07, 6.45) is 5.46. The molecule has 1 aromatic carbocycles. The summed E-state index contributed by atoms with van der Waals surface area (Å²) in [5.41, 5.74) is 1.62. The smallest absolute Gasteiger partial charge is 0.340 e. The molecule has 1 aliphatic heterocycles. The summed E-state index contributed by atoms with van der Waals surface area (Å²) in [6, 6.07) is 9.42. The van der Waals surface area contributed by atoms with E-state index >= 15 is 0 Å². The van der Waals surface area contributed by atoms with Crippen molar-refractivity contribution in [2.45, 2.75) is 57.7 Å². The third kappa shape index (κ3) is 5.04. The Labute approximate surface area is 196 Å². The molecule has 2 aliphatic rings. The number of ketones is 1. The Hall–Kier alpha value is -2.67. The van der Waals surface area contributed by atoms with Crippen molar-refractivity contribution in [1.29, 1.82) is 0 Å². The fraction of sp³-hybridized carbons (Fsp3) is 0.400. The number of nitrogens with zero attached hydrogens (tertiary/aromatic N) is 1. The molecule has 6 nitrogen and oxygen atoms in total. The number of benzene rings is 1. The van der Waals surface area contributed by atoms with E-state index in [0.717, 1.165) is 0 Å². The Morgan fingerprint density at radius 1 is 1.16 bits per heavy atom. The quantitative estimate of drug-likeness (QED) is 0.527. The van der Waals surface area contributed by atoms with Gasteiger partial charge in [-0.3, -0.25) is 9.78 Å². The monoisotopic (exact) mass is 499 g/mol. The molecule has 1 saturated carbocycles. The third-order valence-corrected chi connectivity index (χ3v) is 6.27. The van der Waals surface area contributed by atoms with Crippen LogP contribution in [0.2, 0.25) is 0 Å². The minimum Gasteiger partial charge on any atom is -0.493 e. The minimum absolute atomic E-state index is 0.0460. The number of hydrogen-bond donors (Lipinski definition) is 0. The van der Waals surface area contributed by atoms with Crippen LogP contribution in [-0.4, -0.2) is 28.9 Å². The average Bonchev–Trinajstić information content (AvgIpc) is 2.75. The standard InChI is InChI=1S/C25H26BrNO5/c1-25(2,3)16-4-6-18(7-5-16)31-22-14-30-21-11-19(8-9-20(21)23(22)28)32-24(29)15-10-17(26)13-27-12-15/h4-7,10,12-14,19-21H,8-9,11H2,1-3H3. The SMILES string of the molecule is CC(C)(C)c1ccc(OC2=COC3CC(OC(=O)c4cncc(Br)c4)CCC3C2=O)cc1. The van der Waals surface area contributed by atoms with E-state index in [1.807, 2.05) is 24.3 Å². The van der Waals surface area contributed by atoms with E-state index in [-0.39, 0.29) is 35.1 Å². The first-order chi connectivity index (χ1) is 15.2. The summed E-state index contributed by atoms with van der Waals surface area (Å²) in [5.74, 6) is 0.0198. The number of ether oxygens (including phenoxy) is 3. The van der Waals surface area contributed by atoms with Crippen molar-refractivity contribution >= 4 is 27.7 Å². The molecule has 168 valence electrons. The van der Waals surface area contributed by atoms with Crippen molar-refractivity contribution in [3.8, 4) is 5.75 Å². The summed E-state index contributed by atoms with van der Waals surface area (Å²) < 4.78 is 18.0. The Kier molecular flexibility index (Phi) is 6.38. The number of carbonyl (C=O) groups is 2. The maximum absolute atomic E-state index is 13.0. The zero-order valence-corrected chi connectivity index (χ0v) is 19.9. The van der Waals surface area contributed by atoms with Crippen molar-refractivity contribution in [2.75, 3.05) is 0 Å². The van der Waals surface area contributed by atoms with Gasteiger partial charge in [0.2, 0.25) is 11.5 Å². The average molecular weight is 500 g/mol. The molecular formula is C25H26BrNO5. The van der Waals surface area contributed by atoms with E-state index in [9.17, 15) is 9.59 Å². The largest absolute Gasteiger partial charge is 0.493 e. The van der Waals surface area contributed by atoms with Gasteiger partial charge >= 0.3 is 5.97 Å². The number of Topliss-reactive ketones (excluding diaryl/α,β-unsaturated/α-hetero) is 1. The van der Waals surface area contributed by atoms with Gasteiger partial charge < -0.3 is 14.2 Å². The lowest BCUT2D eigenvalue weighted by Crippen LogP contribution is -2.43. The highest BCUT2D eigenvalue weighted by Crippen LogP contribution is 2.35. The highest BCUT2D eigenvalue weighted by molar-refractivity contribution is 9.10. The fourth-order valence-electron chi connectivity index (χ4n) is 4.01. The Morgan fingerprint density at radius 3 is 2.59 bits per heavy atom. The van der Waals surface area contributed by atoms with Gasteiger partial charge in [-0.25, -0.2) is 4.79 Å². The van der Waals surface area contributed by atoms with Crippen LogP contribution in [0.5, 0.6) is 5.75 Å². The number of halogens is 1. The molecule has 0 spiro atoms. The molecule has 1 fully saturated rings. The van der Waals surface area contributed by atoms with Crippen molar-refractivity contribution in [3.63, 3.8) is 0 Å². The number of carbonyl (C=O) groups excluding carboxylic acids is 2. The van der Waals surface area contributed by atoms with E-state index < -0.39 is 5.97 Å². The van der Waals surface area contributed by atoms with Crippen LogP contribution in [-0.2, 0) is 19.7 Å². The Balaban J connectivity index is 1.37. The molecule has 4 rings (SSSR count). The maximum Gasteiger partial charge on any atom is 0.340 e. The van der Waals surface area contributed by atoms with Gasteiger partial charge in [0.25, 0.3) is 0 Å². The fourth-order valence-corrected chi connectivity index (χ4v) is 4.37. The first kappa shape index (κ1) is 22.5. The lowest BCUT2D eigenvalue weighted by Gasteiger charge is -2.36. The van der Waals surface area contributed by atoms with Gasteiger partial charge in [-0.05, 0) is 57.9 Å². The summed E-state index contributed by atoms with van der Waals surface area (Å²) in [6.45, 7) is 6.44. The first-order valence-corrected chi connectivity index (χ1v) is 11.5. The van der Waals surface area contributed by atoms with Crippen molar-refractivity contribution in [2.24, 2.45) is 5.92 Å². The van der Waals surface area contributed by atoms with Crippen LogP contribution in [0.15, 0.2) is 59.2 Å². The molecule has 3 unspecified atom stereocenters. The van der Waals surface area contributed by atoms with Crippen LogP contribution in [0.1, 0.15) is 56.0 Å². The third-order valence-electron chi connectivity index (χ3n) is 5.84. The minimum atomic E-state index is -0.428. The molecule has 0 radical (unpaired) electrons. The van der Waals surface area contributed by atoms with E-state index in [2.05, 4.69) is 41.7 Å². The van der Waals surface area contributed by atoms with Crippen LogP contribution < -0.4 is 4.74 Å². The molecular weight excluding hydrogens is 474 g/mol. The summed E-state index contributed by atoms with van der Waals surface area (Å²) >= 11 is 3.30. The normalized spacial score (nSPS) is 22.9. The highest BCUT2D eigenvalue weighted by atomic mass is 79.9.